The van der Waals surface area contributed by atoms with Crippen molar-refractivity contribution in [3.8, 4) is 5.75 Å². The smallest absolute Gasteiger partial charge is 0.221 e. The second-order valence-corrected chi connectivity index (χ2v) is 9.41. The van der Waals surface area contributed by atoms with Gasteiger partial charge in [-0.05, 0) is 24.6 Å². The minimum Gasteiger partial charge on any atom is -0.492 e. The van der Waals surface area contributed by atoms with Crippen molar-refractivity contribution in [3.63, 3.8) is 0 Å². The van der Waals surface area contributed by atoms with Crippen molar-refractivity contribution < 1.29 is 14.4 Å². The number of nitrogens with zero attached hydrogens (tertiary/aromatic N) is 3. The van der Waals surface area contributed by atoms with E-state index in [1.54, 1.807) is 0 Å². The molecule has 3 aliphatic rings. The Morgan fingerprint density at radius 1 is 1.09 bits per heavy atom. The molecule has 0 radical (unpaired) electrons. The van der Waals surface area contributed by atoms with E-state index in [2.05, 4.69) is 63.6 Å². The van der Waals surface area contributed by atoms with E-state index in [0.717, 1.165) is 62.0 Å². The Morgan fingerprint density at radius 3 is 2.62 bits per heavy atom. The first-order valence-corrected chi connectivity index (χ1v) is 12.0. The number of rotatable bonds is 6. The standard InChI is InChI=1S/C27H32N4O3/c1-19(14-21-6-4-3-5-7-21)16-30-10-12-31(13-11-30)17-26-24-18-33-25-15-22(28-20(2)32)8-9-23(25)27(24)29-34-26/h3-9,14-15,24,26H,10-13,16-18H2,1-2H3,(H,28,32). The normalized spacial score (nSPS) is 22.8. The summed E-state index contributed by atoms with van der Waals surface area (Å²) in [6, 6.07) is 16.2. The molecule has 7 heteroatoms. The zero-order valence-electron chi connectivity index (χ0n) is 19.9. The van der Waals surface area contributed by atoms with Gasteiger partial charge in [-0.1, -0.05) is 47.1 Å². The van der Waals surface area contributed by atoms with E-state index in [0.29, 0.717) is 6.61 Å². The lowest BCUT2D eigenvalue weighted by molar-refractivity contribution is -0.114. The van der Waals surface area contributed by atoms with E-state index in [-0.39, 0.29) is 17.9 Å². The zero-order valence-corrected chi connectivity index (χ0v) is 19.9. The third-order valence-corrected chi connectivity index (χ3v) is 6.67. The minimum absolute atomic E-state index is 0.00411. The van der Waals surface area contributed by atoms with Crippen LogP contribution in [0.1, 0.15) is 25.0 Å². The average Bonchev–Trinajstić information content (AvgIpc) is 3.23. The van der Waals surface area contributed by atoms with Crippen molar-refractivity contribution >= 4 is 23.4 Å². The van der Waals surface area contributed by atoms with E-state index in [9.17, 15) is 4.79 Å². The minimum atomic E-state index is -0.0993. The number of hydrogen-bond acceptors (Lipinski definition) is 6. The number of carbonyl (C=O) groups excluding carboxylic acids is 1. The molecule has 1 saturated heterocycles. The molecule has 0 aromatic heterocycles. The van der Waals surface area contributed by atoms with Gasteiger partial charge < -0.3 is 14.9 Å². The summed E-state index contributed by atoms with van der Waals surface area (Å²) >= 11 is 0. The van der Waals surface area contributed by atoms with Crippen LogP contribution in [0.4, 0.5) is 5.69 Å². The second kappa shape index (κ2) is 9.99. The van der Waals surface area contributed by atoms with Gasteiger partial charge in [0.25, 0.3) is 0 Å². The molecular formula is C27H32N4O3. The van der Waals surface area contributed by atoms with Crippen LogP contribution in [0.15, 0.2) is 59.3 Å². The van der Waals surface area contributed by atoms with Crippen molar-refractivity contribution in [1.82, 2.24) is 9.80 Å². The Hall–Kier alpha value is -3.16. The number of piperazine rings is 1. The van der Waals surface area contributed by atoms with Crippen molar-refractivity contribution in [2.45, 2.75) is 20.0 Å². The molecule has 0 saturated carbocycles. The van der Waals surface area contributed by atoms with Crippen LogP contribution in [0.2, 0.25) is 0 Å². The van der Waals surface area contributed by atoms with Crippen molar-refractivity contribution in [3.05, 3.63) is 65.2 Å². The number of oxime groups is 1. The van der Waals surface area contributed by atoms with Gasteiger partial charge in [-0.2, -0.15) is 0 Å². The number of carbonyl (C=O) groups is 1. The summed E-state index contributed by atoms with van der Waals surface area (Å²) in [6.07, 6.45) is 2.28. The van der Waals surface area contributed by atoms with Crippen LogP contribution >= 0.6 is 0 Å². The molecule has 7 nitrogen and oxygen atoms in total. The number of ether oxygens (including phenoxy) is 1. The molecule has 2 atom stereocenters. The van der Waals surface area contributed by atoms with Gasteiger partial charge in [0.15, 0.2) is 6.10 Å². The molecule has 1 amide bonds. The van der Waals surface area contributed by atoms with Crippen molar-refractivity contribution in [1.29, 1.82) is 0 Å². The van der Waals surface area contributed by atoms with E-state index in [4.69, 9.17) is 9.57 Å². The van der Waals surface area contributed by atoms with Gasteiger partial charge in [0.05, 0.1) is 5.92 Å². The van der Waals surface area contributed by atoms with Crippen LogP contribution in [-0.2, 0) is 9.63 Å². The van der Waals surface area contributed by atoms with Crippen LogP contribution in [-0.4, -0.2) is 73.4 Å². The highest BCUT2D eigenvalue weighted by molar-refractivity contribution is 6.06. The third kappa shape index (κ3) is 5.16. The first-order valence-electron chi connectivity index (χ1n) is 12.0. The highest BCUT2D eigenvalue weighted by Crippen LogP contribution is 2.35. The molecule has 0 bridgehead atoms. The van der Waals surface area contributed by atoms with Crippen LogP contribution < -0.4 is 10.1 Å². The summed E-state index contributed by atoms with van der Waals surface area (Å²) in [5.74, 6) is 0.781. The molecule has 1 N–H and O–H groups in total. The lowest BCUT2D eigenvalue weighted by atomic mass is 9.90. The molecule has 3 heterocycles. The average molecular weight is 461 g/mol. The summed E-state index contributed by atoms with van der Waals surface area (Å²) < 4.78 is 6.04. The fourth-order valence-corrected chi connectivity index (χ4v) is 4.97. The molecule has 2 unspecified atom stereocenters. The summed E-state index contributed by atoms with van der Waals surface area (Å²) in [4.78, 5) is 22.2. The Kier molecular flexibility index (Phi) is 6.65. The SMILES string of the molecule is CC(=O)Nc1ccc2c(c1)OCC1C2=NOC1CN1CCN(CC(C)=Cc2ccccc2)CC1. The fourth-order valence-electron chi connectivity index (χ4n) is 4.97. The summed E-state index contributed by atoms with van der Waals surface area (Å²) in [5, 5.41) is 7.24. The van der Waals surface area contributed by atoms with E-state index >= 15 is 0 Å². The molecule has 0 aliphatic carbocycles. The van der Waals surface area contributed by atoms with Gasteiger partial charge >= 0.3 is 0 Å². The number of anilines is 1. The summed E-state index contributed by atoms with van der Waals surface area (Å²) in [6.45, 7) is 10.3. The van der Waals surface area contributed by atoms with Crippen LogP contribution in [0.25, 0.3) is 6.08 Å². The van der Waals surface area contributed by atoms with Gasteiger partial charge in [0.1, 0.15) is 18.1 Å². The number of fused-ring (bicyclic) bond motifs is 3. The second-order valence-electron chi connectivity index (χ2n) is 9.41. The highest BCUT2D eigenvalue weighted by atomic mass is 16.6. The quantitative estimate of drug-likeness (QED) is 0.715. The lowest BCUT2D eigenvalue weighted by Gasteiger charge is -2.36. The third-order valence-electron chi connectivity index (χ3n) is 6.67. The maximum Gasteiger partial charge on any atom is 0.221 e. The zero-order chi connectivity index (χ0) is 23.5. The predicted molar refractivity (Wildman–Crippen MR) is 134 cm³/mol. The maximum absolute atomic E-state index is 11.3. The van der Waals surface area contributed by atoms with E-state index in [1.807, 2.05) is 18.2 Å². The van der Waals surface area contributed by atoms with Crippen LogP contribution in [0, 0.1) is 5.92 Å². The Morgan fingerprint density at radius 2 is 1.85 bits per heavy atom. The van der Waals surface area contributed by atoms with E-state index in [1.165, 1.54) is 18.1 Å². The molecule has 0 spiro atoms. The fraction of sp³-hybridized carbons (Fsp3) is 0.407. The number of benzene rings is 2. The number of amides is 1. The Balaban J connectivity index is 1.13. The molecule has 3 aliphatic heterocycles. The monoisotopic (exact) mass is 460 g/mol. The van der Waals surface area contributed by atoms with Crippen LogP contribution in [0.3, 0.4) is 0 Å². The summed E-state index contributed by atoms with van der Waals surface area (Å²) in [7, 11) is 0. The molecule has 1 fully saturated rings. The van der Waals surface area contributed by atoms with Crippen molar-refractivity contribution in [2.24, 2.45) is 11.1 Å². The first-order chi connectivity index (χ1) is 16.5. The van der Waals surface area contributed by atoms with Gasteiger partial charge in [-0.15, -0.1) is 0 Å². The van der Waals surface area contributed by atoms with Gasteiger partial charge in [0.2, 0.25) is 5.91 Å². The molecule has 34 heavy (non-hydrogen) atoms. The van der Waals surface area contributed by atoms with Crippen LogP contribution in [0.5, 0.6) is 5.75 Å². The topological polar surface area (TPSA) is 66.4 Å². The highest BCUT2D eigenvalue weighted by Gasteiger charge is 2.40. The van der Waals surface area contributed by atoms with E-state index < -0.39 is 0 Å². The Labute approximate surface area is 201 Å². The largest absolute Gasteiger partial charge is 0.492 e. The molecule has 2 aromatic rings. The first kappa shape index (κ1) is 22.6. The maximum atomic E-state index is 11.3. The van der Waals surface area contributed by atoms with Gasteiger partial charge in [-0.25, -0.2) is 0 Å². The number of nitrogens with one attached hydrogen (secondary N) is 1. The molecule has 2 aromatic carbocycles. The molecular weight excluding hydrogens is 428 g/mol. The Bertz CT molecular complexity index is 1090. The number of hydrogen-bond donors (Lipinski definition) is 1. The lowest BCUT2D eigenvalue weighted by Crippen LogP contribution is -2.50. The van der Waals surface area contributed by atoms with Gasteiger partial charge in [-0.3, -0.25) is 14.6 Å². The molecule has 5 rings (SSSR count). The summed E-state index contributed by atoms with van der Waals surface area (Å²) in [5.41, 5.74) is 5.29. The van der Waals surface area contributed by atoms with Crippen molar-refractivity contribution in [2.75, 3.05) is 51.2 Å². The molecule has 178 valence electrons. The predicted octanol–water partition coefficient (Wildman–Crippen LogP) is 3.48. The van der Waals surface area contributed by atoms with Gasteiger partial charge in [0, 0.05) is 63.5 Å².